The Balaban J connectivity index is 2.56. The molecule has 2 heterocycles. The Kier molecular flexibility index (Phi) is 5.44. The topological polar surface area (TPSA) is 104 Å². The van der Waals surface area contributed by atoms with Crippen molar-refractivity contribution >= 4 is 38.6 Å². The first kappa shape index (κ1) is 18.6. The van der Waals surface area contributed by atoms with Crippen LogP contribution in [0.15, 0.2) is 5.03 Å². The van der Waals surface area contributed by atoms with Crippen LogP contribution in [0.1, 0.15) is 32.5 Å². The van der Waals surface area contributed by atoms with Gasteiger partial charge in [-0.25, -0.2) is 18.4 Å². The Morgan fingerprint density at radius 3 is 2.54 bits per heavy atom. The largest absolute Gasteiger partial charge is 0.469 e. The number of aryl methyl sites for hydroxylation is 2. The molecule has 0 bridgehead atoms. The van der Waals surface area contributed by atoms with Crippen LogP contribution in [0, 0.1) is 6.92 Å². The van der Waals surface area contributed by atoms with E-state index >= 15 is 0 Å². The summed E-state index contributed by atoms with van der Waals surface area (Å²) in [6.45, 7) is 5.27. The molecule has 0 N–H and O–H groups in total. The molecule has 0 saturated carbocycles. The molecule has 10 heteroatoms. The fourth-order valence-electron chi connectivity index (χ4n) is 2.27. The summed E-state index contributed by atoms with van der Waals surface area (Å²) in [4.78, 5) is 23.5. The number of imidazole rings is 1. The maximum atomic E-state index is 12.6. The SMILES string of the molecule is COC(=O)CCCn1c(C)nc2nc(Cl)nc(S(=O)(=O)C(C)C)c21. The zero-order valence-electron chi connectivity index (χ0n) is 13.9. The molecule has 0 fully saturated rings. The van der Waals surface area contributed by atoms with Crippen LogP contribution in [0.25, 0.3) is 11.2 Å². The summed E-state index contributed by atoms with van der Waals surface area (Å²) in [6, 6.07) is 0. The standard InChI is InChI=1S/C14H19ClN4O4S/c1-8(2)24(21,22)13-11-12(17-14(15)18-13)16-9(3)19(11)7-5-6-10(20)23-4/h8H,5-7H2,1-4H3. The fraction of sp³-hybridized carbons (Fsp3) is 0.571. The van der Waals surface area contributed by atoms with E-state index in [2.05, 4.69) is 19.7 Å². The van der Waals surface area contributed by atoms with E-state index in [4.69, 9.17) is 11.6 Å². The highest BCUT2D eigenvalue weighted by molar-refractivity contribution is 7.92. The maximum Gasteiger partial charge on any atom is 0.305 e. The summed E-state index contributed by atoms with van der Waals surface area (Å²) in [5, 5.41) is -0.961. The van der Waals surface area contributed by atoms with Gasteiger partial charge in [-0.15, -0.1) is 0 Å². The fourth-order valence-corrected chi connectivity index (χ4v) is 3.61. The van der Waals surface area contributed by atoms with Gasteiger partial charge in [-0.2, -0.15) is 4.98 Å². The Bertz CT molecular complexity index is 877. The number of fused-ring (bicyclic) bond motifs is 1. The summed E-state index contributed by atoms with van der Waals surface area (Å²) < 4.78 is 31.6. The van der Waals surface area contributed by atoms with E-state index in [-0.39, 0.29) is 28.3 Å². The van der Waals surface area contributed by atoms with E-state index < -0.39 is 15.1 Å². The van der Waals surface area contributed by atoms with Crippen molar-refractivity contribution in [1.82, 2.24) is 19.5 Å². The number of sulfone groups is 1. The number of carbonyl (C=O) groups is 1. The zero-order chi connectivity index (χ0) is 18.1. The molecule has 0 aliphatic rings. The molecule has 2 aromatic heterocycles. The molecule has 0 atom stereocenters. The third-order valence-electron chi connectivity index (χ3n) is 3.61. The Morgan fingerprint density at radius 2 is 1.96 bits per heavy atom. The average Bonchev–Trinajstić information content (AvgIpc) is 2.81. The Labute approximate surface area is 145 Å². The first-order valence-electron chi connectivity index (χ1n) is 7.39. The monoisotopic (exact) mass is 374 g/mol. The quantitative estimate of drug-likeness (QED) is 0.432. The van der Waals surface area contributed by atoms with Crippen molar-refractivity contribution in [3.05, 3.63) is 11.1 Å². The number of hydrogen-bond donors (Lipinski definition) is 0. The van der Waals surface area contributed by atoms with Crippen LogP contribution < -0.4 is 0 Å². The molecule has 0 radical (unpaired) electrons. The van der Waals surface area contributed by atoms with E-state index in [0.29, 0.717) is 24.3 Å². The third kappa shape index (κ3) is 3.51. The van der Waals surface area contributed by atoms with Gasteiger partial charge in [0.1, 0.15) is 11.3 Å². The van der Waals surface area contributed by atoms with Gasteiger partial charge in [0.2, 0.25) is 5.28 Å². The van der Waals surface area contributed by atoms with Crippen LogP contribution in [0.3, 0.4) is 0 Å². The summed E-state index contributed by atoms with van der Waals surface area (Å²) in [7, 11) is -2.35. The maximum absolute atomic E-state index is 12.6. The molecule has 0 saturated heterocycles. The molecule has 0 unspecified atom stereocenters. The lowest BCUT2D eigenvalue weighted by Gasteiger charge is -2.11. The third-order valence-corrected chi connectivity index (χ3v) is 5.85. The van der Waals surface area contributed by atoms with Crippen molar-refractivity contribution in [1.29, 1.82) is 0 Å². The van der Waals surface area contributed by atoms with Crippen LogP contribution in [-0.4, -0.2) is 46.3 Å². The normalized spacial score (nSPS) is 12.1. The number of hydrogen-bond acceptors (Lipinski definition) is 7. The number of aromatic nitrogens is 4. The minimum absolute atomic E-state index is 0.133. The van der Waals surface area contributed by atoms with Gasteiger partial charge in [-0.3, -0.25) is 4.79 Å². The number of rotatable bonds is 6. The van der Waals surface area contributed by atoms with Crippen molar-refractivity contribution in [2.75, 3.05) is 7.11 Å². The molecule has 0 aromatic carbocycles. The van der Waals surface area contributed by atoms with E-state index in [1.54, 1.807) is 25.3 Å². The summed E-state index contributed by atoms with van der Waals surface area (Å²) >= 11 is 5.86. The van der Waals surface area contributed by atoms with E-state index in [1.807, 2.05) is 0 Å². The number of ether oxygens (including phenoxy) is 1. The van der Waals surface area contributed by atoms with Gasteiger partial charge >= 0.3 is 5.97 Å². The second-order valence-corrected chi connectivity index (χ2v) is 8.31. The molecule has 0 amide bonds. The number of esters is 1. The highest BCUT2D eigenvalue weighted by Gasteiger charge is 2.28. The second-order valence-electron chi connectivity index (χ2n) is 5.55. The molecule has 0 aliphatic carbocycles. The van der Waals surface area contributed by atoms with Gasteiger partial charge in [0.25, 0.3) is 0 Å². The van der Waals surface area contributed by atoms with E-state index in [0.717, 1.165) is 0 Å². The summed E-state index contributed by atoms with van der Waals surface area (Å²) in [5.74, 6) is 0.248. The molecule has 2 aromatic rings. The van der Waals surface area contributed by atoms with Crippen molar-refractivity contribution in [3.63, 3.8) is 0 Å². The van der Waals surface area contributed by atoms with Crippen molar-refractivity contribution in [2.24, 2.45) is 0 Å². The molecular formula is C14H19ClN4O4S. The lowest BCUT2D eigenvalue weighted by molar-refractivity contribution is -0.140. The van der Waals surface area contributed by atoms with Crippen LogP contribution in [0.5, 0.6) is 0 Å². The predicted octanol–water partition coefficient (Wildman–Crippen LogP) is 1.92. The van der Waals surface area contributed by atoms with Crippen molar-refractivity contribution < 1.29 is 17.9 Å². The highest BCUT2D eigenvalue weighted by atomic mass is 35.5. The molecular weight excluding hydrogens is 356 g/mol. The van der Waals surface area contributed by atoms with Crippen LogP contribution in [-0.2, 0) is 25.9 Å². The molecule has 8 nitrogen and oxygen atoms in total. The number of carbonyl (C=O) groups excluding carboxylic acids is 1. The van der Waals surface area contributed by atoms with E-state index in [1.165, 1.54) is 7.11 Å². The van der Waals surface area contributed by atoms with Crippen molar-refractivity contribution in [2.45, 2.75) is 50.4 Å². The van der Waals surface area contributed by atoms with Gasteiger partial charge < -0.3 is 9.30 Å². The smallest absolute Gasteiger partial charge is 0.305 e. The molecule has 132 valence electrons. The zero-order valence-corrected chi connectivity index (χ0v) is 15.5. The summed E-state index contributed by atoms with van der Waals surface area (Å²) in [5.41, 5.74) is 0.542. The van der Waals surface area contributed by atoms with Crippen molar-refractivity contribution in [3.8, 4) is 0 Å². The number of halogens is 1. The molecule has 24 heavy (non-hydrogen) atoms. The molecule has 0 spiro atoms. The Morgan fingerprint density at radius 1 is 1.29 bits per heavy atom. The number of methoxy groups -OCH3 is 1. The Hall–Kier alpha value is -1.74. The molecule has 0 aliphatic heterocycles. The van der Waals surface area contributed by atoms with E-state index in [9.17, 15) is 13.2 Å². The molecule has 2 rings (SSSR count). The lowest BCUT2D eigenvalue weighted by Crippen LogP contribution is -2.18. The van der Waals surface area contributed by atoms with Gasteiger partial charge in [0.05, 0.1) is 12.4 Å². The van der Waals surface area contributed by atoms with Gasteiger partial charge in [0, 0.05) is 13.0 Å². The van der Waals surface area contributed by atoms with Gasteiger partial charge in [-0.1, -0.05) is 0 Å². The first-order chi connectivity index (χ1) is 11.2. The number of nitrogens with zero attached hydrogens (tertiary/aromatic N) is 4. The highest BCUT2D eigenvalue weighted by Crippen LogP contribution is 2.26. The lowest BCUT2D eigenvalue weighted by atomic mass is 10.3. The van der Waals surface area contributed by atoms with Gasteiger partial charge in [-0.05, 0) is 38.8 Å². The van der Waals surface area contributed by atoms with Crippen LogP contribution in [0.4, 0.5) is 0 Å². The minimum atomic E-state index is -3.67. The average molecular weight is 375 g/mol. The summed E-state index contributed by atoms with van der Waals surface area (Å²) in [6.07, 6.45) is 0.694. The van der Waals surface area contributed by atoms with Crippen LogP contribution >= 0.6 is 11.6 Å². The first-order valence-corrected chi connectivity index (χ1v) is 9.32. The second kappa shape index (κ2) is 7.02. The van der Waals surface area contributed by atoms with Crippen LogP contribution in [0.2, 0.25) is 5.28 Å². The van der Waals surface area contributed by atoms with Gasteiger partial charge in [0.15, 0.2) is 20.5 Å². The predicted molar refractivity (Wildman–Crippen MR) is 88.6 cm³/mol. The minimum Gasteiger partial charge on any atom is -0.469 e.